The van der Waals surface area contributed by atoms with E-state index >= 15 is 0 Å². The highest BCUT2D eigenvalue weighted by Crippen LogP contribution is 2.30. The first kappa shape index (κ1) is 23.6. The molecule has 0 radical (unpaired) electrons. The molecule has 2 aromatic heterocycles. The number of amides is 1. The van der Waals surface area contributed by atoms with Crippen molar-refractivity contribution in [3.8, 4) is 0 Å². The quantitative estimate of drug-likeness (QED) is 0.455. The minimum absolute atomic E-state index is 0.0476. The summed E-state index contributed by atoms with van der Waals surface area (Å²) in [6.07, 6.45) is 9.63. The van der Waals surface area contributed by atoms with Gasteiger partial charge in [-0.3, -0.25) is 14.4 Å². The Balaban J connectivity index is 1.53. The molecular formula is C23H35N7O3. The van der Waals surface area contributed by atoms with Gasteiger partial charge in [0.25, 0.3) is 5.91 Å². The third kappa shape index (κ3) is 5.69. The second kappa shape index (κ2) is 11.0. The lowest BCUT2D eigenvalue weighted by Gasteiger charge is -2.32. The van der Waals surface area contributed by atoms with Gasteiger partial charge in [-0.15, -0.1) is 0 Å². The number of carbonyl (C=O) groups excluding carboxylic acids is 1. The summed E-state index contributed by atoms with van der Waals surface area (Å²) >= 11 is 0. The summed E-state index contributed by atoms with van der Waals surface area (Å²) in [4.78, 5) is 44.1. The molecule has 2 N–H and O–H groups in total. The highest BCUT2D eigenvalue weighted by Gasteiger charge is 2.23. The van der Waals surface area contributed by atoms with Gasteiger partial charge in [0.05, 0.1) is 12.5 Å². The van der Waals surface area contributed by atoms with Crippen molar-refractivity contribution in [3.05, 3.63) is 28.2 Å². The van der Waals surface area contributed by atoms with Crippen molar-refractivity contribution in [2.75, 3.05) is 58.7 Å². The van der Waals surface area contributed by atoms with Gasteiger partial charge in [0.1, 0.15) is 11.2 Å². The fraction of sp³-hybridized carbons (Fsp3) is 0.652. The Hall–Kier alpha value is -2.56. The summed E-state index contributed by atoms with van der Waals surface area (Å²) < 4.78 is 2.00. The number of rotatable bonds is 8. The number of anilines is 1. The molecule has 180 valence electrons. The zero-order valence-corrected chi connectivity index (χ0v) is 19.7. The van der Waals surface area contributed by atoms with Gasteiger partial charge < -0.3 is 19.7 Å². The third-order valence-electron chi connectivity index (χ3n) is 6.71. The number of piperazine rings is 1. The number of nitrogens with zero attached hydrogens (tertiary/aromatic N) is 5. The maximum Gasteiger partial charge on any atom is 0.280 e. The van der Waals surface area contributed by atoms with Crippen LogP contribution < -0.4 is 16.2 Å². The topological polar surface area (TPSA) is 105 Å². The Morgan fingerprint density at radius 1 is 1.18 bits per heavy atom. The molecule has 0 bridgehead atoms. The predicted molar refractivity (Wildman–Crippen MR) is 127 cm³/mol. The van der Waals surface area contributed by atoms with E-state index in [1.54, 1.807) is 6.20 Å². The van der Waals surface area contributed by atoms with E-state index in [0.29, 0.717) is 17.0 Å². The van der Waals surface area contributed by atoms with Crippen LogP contribution in [0.3, 0.4) is 0 Å². The highest BCUT2D eigenvalue weighted by molar-refractivity contribution is 5.96. The zero-order chi connectivity index (χ0) is 23.2. The van der Waals surface area contributed by atoms with Gasteiger partial charge >= 0.3 is 0 Å². The van der Waals surface area contributed by atoms with Crippen LogP contribution in [0, 0.1) is 0 Å². The SMILES string of the molecule is CONC(=O)c1cn(C2CCCCC2)c2nc(NCCCN3CCN(C)CC3)ncc2c1=O. The Morgan fingerprint density at radius 3 is 2.67 bits per heavy atom. The third-order valence-corrected chi connectivity index (χ3v) is 6.71. The molecule has 3 heterocycles. The zero-order valence-electron chi connectivity index (χ0n) is 19.7. The molecule has 0 unspecified atom stereocenters. The van der Waals surface area contributed by atoms with Gasteiger partial charge in [-0.05, 0) is 32.9 Å². The lowest BCUT2D eigenvalue weighted by molar-refractivity contribution is 0.0535. The second-order valence-corrected chi connectivity index (χ2v) is 9.06. The van der Waals surface area contributed by atoms with Crippen LogP contribution in [0.2, 0.25) is 0 Å². The van der Waals surface area contributed by atoms with Crippen molar-refractivity contribution in [1.29, 1.82) is 0 Å². The molecule has 33 heavy (non-hydrogen) atoms. The number of nitrogens with one attached hydrogen (secondary N) is 2. The molecule has 0 atom stereocenters. The van der Waals surface area contributed by atoms with Gasteiger partial charge in [-0.25, -0.2) is 10.5 Å². The van der Waals surface area contributed by atoms with Crippen molar-refractivity contribution < 1.29 is 9.63 Å². The normalized spacial score (nSPS) is 18.5. The fourth-order valence-corrected chi connectivity index (χ4v) is 4.74. The summed E-state index contributed by atoms with van der Waals surface area (Å²) in [5.41, 5.74) is 2.51. The maximum atomic E-state index is 13.0. The summed E-state index contributed by atoms with van der Waals surface area (Å²) in [5.74, 6) is -0.0426. The van der Waals surface area contributed by atoms with Gasteiger partial charge in [-0.1, -0.05) is 19.3 Å². The number of aromatic nitrogens is 3. The molecule has 0 aromatic carbocycles. The largest absolute Gasteiger partial charge is 0.354 e. The molecule has 1 saturated carbocycles. The van der Waals surface area contributed by atoms with E-state index in [-0.39, 0.29) is 17.0 Å². The van der Waals surface area contributed by atoms with Crippen LogP contribution in [0.5, 0.6) is 0 Å². The van der Waals surface area contributed by atoms with Crippen LogP contribution in [0.25, 0.3) is 11.0 Å². The van der Waals surface area contributed by atoms with E-state index in [1.807, 2.05) is 4.57 Å². The van der Waals surface area contributed by atoms with E-state index < -0.39 is 5.91 Å². The van der Waals surface area contributed by atoms with Gasteiger partial charge in [0.2, 0.25) is 11.4 Å². The minimum Gasteiger partial charge on any atom is -0.354 e. The van der Waals surface area contributed by atoms with E-state index in [0.717, 1.165) is 71.4 Å². The lowest BCUT2D eigenvalue weighted by Crippen LogP contribution is -2.44. The number of likely N-dealkylation sites (N-methyl/N-ethyl adjacent to an activating group) is 1. The monoisotopic (exact) mass is 457 g/mol. The number of carbonyl (C=O) groups is 1. The summed E-state index contributed by atoms with van der Waals surface area (Å²) in [7, 11) is 3.51. The standard InChI is InChI=1S/C23H35N7O3/c1-28-11-13-29(14-12-28)10-6-9-24-23-25-15-18-20(31)19(22(32)27-33-2)16-30(21(18)26-23)17-7-4-3-5-8-17/h15-17H,3-14H2,1-2H3,(H,27,32)(H,24,25,26). The average Bonchev–Trinajstić information content (AvgIpc) is 2.84. The Kier molecular flexibility index (Phi) is 7.89. The van der Waals surface area contributed by atoms with Crippen LogP contribution in [0.1, 0.15) is 54.9 Å². The molecule has 2 aliphatic rings. The molecular weight excluding hydrogens is 422 g/mol. The van der Waals surface area contributed by atoms with Crippen molar-refractivity contribution >= 4 is 22.9 Å². The minimum atomic E-state index is -0.555. The number of pyridine rings is 1. The van der Waals surface area contributed by atoms with Crippen LogP contribution in [0.15, 0.2) is 17.2 Å². The molecule has 2 fully saturated rings. The van der Waals surface area contributed by atoms with Crippen LogP contribution in [-0.2, 0) is 4.84 Å². The van der Waals surface area contributed by atoms with Gasteiger partial charge in [0.15, 0.2) is 0 Å². The summed E-state index contributed by atoms with van der Waals surface area (Å²) in [5, 5.41) is 3.67. The summed E-state index contributed by atoms with van der Waals surface area (Å²) in [6.45, 7) is 6.25. The predicted octanol–water partition coefficient (Wildman–Crippen LogP) is 1.64. The van der Waals surface area contributed by atoms with Crippen molar-refractivity contribution in [2.45, 2.75) is 44.6 Å². The summed E-state index contributed by atoms with van der Waals surface area (Å²) in [6, 6.07) is 0.205. The van der Waals surface area contributed by atoms with E-state index in [2.05, 4.69) is 32.6 Å². The van der Waals surface area contributed by atoms with Crippen LogP contribution >= 0.6 is 0 Å². The fourth-order valence-electron chi connectivity index (χ4n) is 4.74. The van der Waals surface area contributed by atoms with E-state index in [1.165, 1.54) is 19.7 Å². The molecule has 0 spiro atoms. The maximum absolute atomic E-state index is 13.0. The van der Waals surface area contributed by atoms with Crippen LogP contribution in [-0.4, -0.2) is 83.7 Å². The lowest BCUT2D eigenvalue weighted by atomic mass is 9.95. The van der Waals surface area contributed by atoms with Crippen molar-refractivity contribution in [3.63, 3.8) is 0 Å². The number of hydrogen-bond donors (Lipinski definition) is 2. The van der Waals surface area contributed by atoms with Crippen molar-refractivity contribution in [1.82, 2.24) is 29.8 Å². The number of hydrogen-bond acceptors (Lipinski definition) is 8. The molecule has 10 nitrogen and oxygen atoms in total. The Labute approximate surface area is 194 Å². The number of fused-ring (bicyclic) bond motifs is 1. The smallest absolute Gasteiger partial charge is 0.280 e. The first-order valence-corrected chi connectivity index (χ1v) is 12.0. The Bertz CT molecular complexity index is 1010. The van der Waals surface area contributed by atoms with E-state index in [9.17, 15) is 9.59 Å². The van der Waals surface area contributed by atoms with Gasteiger partial charge in [-0.2, -0.15) is 4.98 Å². The Morgan fingerprint density at radius 2 is 1.94 bits per heavy atom. The van der Waals surface area contributed by atoms with Crippen molar-refractivity contribution in [2.24, 2.45) is 0 Å². The molecule has 1 saturated heterocycles. The number of hydroxylamine groups is 1. The highest BCUT2D eigenvalue weighted by atomic mass is 16.6. The molecule has 1 amide bonds. The van der Waals surface area contributed by atoms with Gasteiger partial charge in [0, 0.05) is 51.2 Å². The molecule has 1 aliphatic heterocycles. The first-order chi connectivity index (χ1) is 16.1. The molecule has 10 heteroatoms. The molecule has 1 aliphatic carbocycles. The first-order valence-electron chi connectivity index (χ1n) is 12.0. The second-order valence-electron chi connectivity index (χ2n) is 9.06. The molecule has 2 aromatic rings. The molecule has 4 rings (SSSR count). The average molecular weight is 458 g/mol. The van der Waals surface area contributed by atoms with Crippen LogP contribution in [0.4, 0.5) is 5.95 Å². The van der Waals surface area contributed by atoms with E-state index in [4.69, 9.17) is 9.82 Å².